The molecular weight excluding hydrogens is 204 g/mol. The van der Waals surface area contributed by atoms with Gasteiger partial charge in [0, 0.05) is 0 Å². The first-order valence-electron chi connectivity index (χ1n) is 5.59. The average Bonchev–Trinajstić information content (AvgIpc) is 2.63. The molecule has 0 saturated carbocycles. The first kappa shape index (κ1) is 12.5. The molecule has 0 amide bonds. The maximum atomic E-state index is 11.0. The number of nitrogens with zero attached hydrogens (tertiary/aromatic N) is 2. The van der Waals surface area contributed by atoms with Crippen LogP contribution in [0.1, 0.15) is 42.2 Å². The minimum Gasteiger partial charge on any atom is -0.478 e. The van der Waals surface area contributed by atoms with Gasteiger partial charge in [-0.2, -0.15) is 5.10 Å². The third kappa shape index (κ3) is 2.95. The van der Waals surface area contributed by atoms with E-state index in [1.807, 2.05) is 0 Å². The van der Waals surface area contributed by atoms with Crippen molar-refractivity contribution in [2.75, 3.05) is 0 Å². The second-order valence-corrected chi connectivity index (χ2v) is 3.74. The van der Waals surface area contributed by atoms with Gasteiger partial charge in [-0.25, -0.2) is 4.79 Å². The minimum atomic E-state index is -0.901. The van der Waals surface area contributed by atoms with Gasteiger partial charge in [0.2, 0.25) is 0 Å². The quantitative estimate of drug-likeness (QED) is 0.569. The van der Waals surface area contributed by atoms with Crippen molar-refractivity contribution in [3.63, 3.8) is 0 Å². The molecule has 0 bridgehead atoms. The molecule has 0 aliphatic rings. The highest BCUT2D eigenvalue weighted by atomic mass is 16.4. The molecule has 16 heavy (non-hydrogen) atoms. The number of carboxylic acids is 1. The summed E-state index contributed by atoms with van der Waals surface area (Å²) < 4.78 is 1.71. The Bertz CT molecular complexity index is 369. The predicted molar refractivity (Wildman–Crippen MR) is 62.6 cm³/mol. The number of carbonyl (C=O) groups is 1. The lowest BCUT2D eigenvalue weighted by atomic mass is 10.1. The van der Waals surface area contributed by atoms with Gasteiger partial charge in [-0.1, -0.05) is 25.8 Å². The number of aromatic nitrogens is 2. The molecule has 0 fully saturated rings. The second kappa shape index (κ2) is 6.10. The largest absolute Gasteiger partial charge is 0.478 e. The summed E-state index contributed by atoms with van der Waals surface area (Å²) in [6.07, 6.45) is 7.15. The summed E-state index contributed by atoms with van der Waals surface area (Å²) in [6.45, 7) is 6.33. The Morgan fingerprint density at radius 3 is 2.94 bits per heavy atom. The zero-order valence-electron chi connectivity index (χ0n) is 9.65. The smallest absolute Gasteiger partial charge is 0.339 e. The van der Waals surface area contributed by atoms with E-state index >= 15 is 0 Å². The lowest BCUT2D eigenvalue weighted by Crippen LogP contribution is -2.07. The van der Waals surface area contributed by atoms with E-state index in [9.17, 15) is 4.79 Å². The van der Waals surface area contributed by atoms with Crippen molar-refractivity contribution in [2.45, 2.75) is 39.2 Å². The highest BCUT2D eigenvalue weighted by molar-refractivity contribution is 5.88. The van der Waals surface area contributed by atoms with Crippen LogP contribution in [0.2, 0.25) is 0 Å². The van der Waals surface area contributed by atoms with Gasteiger partial charge in [-0.15, -0.1) is 6.58 Å². The molecule has 0 unspecified atom stereocenters. The molecule has 0 aliphatic carbocycles. The normalized spacial score (nSPS) is 10.3. The lowest BCUT2D eigenvalue weighted by Gasteiger charge is -2.05. The van der Waals surface area contributed by atoms with Gasteiger partial charge in [0.15, 0.2) is 0 Å². The van der Waals surface area contributed by atoms with Crippen LogP contribution >= 0.6 is 0 Å². The summed E-state index contributed by atoms with van der Waals surface area (Å²) in [5.74, 6) is -0.901. The Labute approximate surface area is 95.6 Å². The molecule has 1 rings (SSSR count). The van der Waals surface area contributed by atoms with E-state index in [0.29, 0.717) is 12.1 Å². The fourth-order valence-electron chi connectivity index (χ4n) is 1.68. The molecule has 0 saturated heterocycles. The number of hydrogen-bond acceptors (Lipinski definition) is 2. The number of hydrogen-bond donors (Lipinski definition) is 1. The number of unbranched alkanes of at least 4 members (excludes halogenated alkanes) is 2. The van der Waals surface area contributed by atoms with E-state index in [2.05, 4.69) is 18.6 Å². The molecule has 1 heterocycles. The van der Waals surface area contributed by atoms with Crippen molar-refractivity contribution in [1.29, 1.82) is 0 Å². The highest BCUT2D eigenvalue weighted by Gasteiger charge is 2.15. The molecule has 0 atom stereocenters. The Morgan fingerprint density at radius 1 is 1.62 bits per heavy atom. The van der Waals surface area contributed by atoms with Crippen LogP contribution < -0.4 is 0 Å². The number of carboxylic acid groups (broad SMARTS) is 1. The molecule has 1 aromatic rings. The van der Waals surface area contributed by atoms with Gasteiger partial charge in [0.25, 0.3) is 0 Å². The van der Waals surface area contributed by atoms with Crippen molar-refractivity contribution in [3.05, 3.63) is 30.1 Å². The van der Waals surface area contributed by atoms with Crippen LogP contribution in [0.25, 0.3) is 0 Å². The molecule has 0 radical (unpaired) electrons. The molecule has 0 spiro atoms. The molecular formula is C12H18N2O2. The maximum absolute atomic E-state index is 11.0. The Kier molecular flexibility index (Phi) is 4.76. The number of rotatable bonds is 7. The number of aromatic carboxylic acids is 1. The summed E-state index contributed by atoms with van der Waals surface area (Å²) >= 11 is 0. The van der Waals surface area contributed by atoms with Crippen LogP contribution in [-0.4, -0.2) is 20.9 Å². The first-order valence-corrected chi connectivity index (χ1v) is 5.59. The SMILES string of the molecule is C=CCn1ncc(C(=O)O)c1CCCCC. The predicted octanol–water partition coefficient (Wildman–Crippen LogP) is 2.50. The molecule has 1 N–H and O–H groups in total. The minimum absolute atomic E-state index is 0.318. The molecule has 4 heteroatoms. The topological polar surface area (TPSA) is 55.1 Å². The average molecular weight is 222 g/mol. The van der Waals surface area contributed by atoms with Gasteiger partial charge < -0.3 is 5.11 Å². The summed E-state index contributed by atoms with van der Waals surface area (Å²) in [6, 6.07) is 0. The van der Waals surface area contributed by atoms with Gasteiger partial charge in [-0.05, 0) is 12.8 Å². The fourth-order valence-corrected chi connectivity index (χ4v) is 1.68. The van der Waals surface area contributed by atoms with Gasteiger partial charge in [0.1, 0.15) is 5.56 Å². The van der Waals surface area contributed by atoms with Crippen molar-refractivity contribution in [2.24, 2.45) is 0 Å². The Balaban J connectivity index is 2.85. The van der Waals surface area contributed by atoms with E-state index in [1.54, 1.807) is 10.8 Å². The van der Waals surface area contributed by atoms with Crippen LogP contribution in [0.4, 0.5) is 0 Å². The lowest BCUT2D eigenvalue weighted by molar-refractivity contribution is 0.0695. The van der Waals surface area contributed by atoms with E-state index in [0.717, 1.165) is 31.4 Å². The summed E-state index contributed by atoms with van der Waals surface area (Å²) in [5.41, 5.74) is 1.12. The zero-order chi connectivity index (χ0) is 12.0. The monoisotopic (exact) mass is 222 g/mol. The van der Waals surface area contributed by atoms with E-state index in [1.165, 1.54) is 6.20 Å². The van der Waals surface area contributed by atoms with Crippen LogP contribution in [-0.2, 0) is 13.0 Å². The van der Waals surface area contributed by atoms with Crippen LogP contribution in [0.3, 0.4) is 0 Å². The van der Waals surface area contributed by atoms with Gasteiger partial charge in [0.05, 0.1) is 18.4 Å². The van der Waals surface area contributed by atoms with E-state index in [-0.39, 0.29) is 0 Å². The Hall–Kier alpha value is -1.58. The zero-order valence-corrected chi connectivity index (χ0v) is 9.65. The molecule has 0 aromatic carbocycles. The third-order valence-corrected chi connectivity index (χ3v) is 2.50. The summed E-state index contributed by atoms with van der Waals surface area (Å²) in [4.78, 5) is 11.0. The summed E-state index contributed by atoms with van der Waals surface area (Å²) in [7, 11) is 0. The Morgan fingerprint density at radius 2 is 2.38 bits per heavy atom. The molecule has 0 aliphatic heterocycles. The summed E-state index contributed by atoms with van der Waals surface area (Å²) in [5, 5.41) is 13.1. The van der Waals surface area contributed by atoms with E-state index in [4.69, 9.17) is 5.11 Å². The maximum Gasteiger partial charge on any atom is 0.339 e. The van der Waals surface area contributed by atoms with Crippen molar-refractivity contribution in [1.82, 2.24) is 9.78 Å². The first-order chi connectivity index (χ1) is 7.70. The van der Waals surface area contributed by atoms with Gasteiger partial charge >= 0.3 is 5.97 Å². The highest BCUT2D eigenvalue weighted by Crippen LogP contribution is 2.13. The standard InChI is InChI=1S/C12H18N2O2/c1-3-5-6-7-11-10(12(15)16)9-13-14(11)8-4-2/h4,9H,2-3,5-8H2,1H3,(H,15,16). The van der Waals surface area contributed by atoms with E-state index < -0.39 is 5.97 Å². The van der Waals surface area contributed by atoms with Crippen molar-refractivity contribution < 1.29 is 9.90 Å². The second-order valence-electron chi connectivity index (χ2n) is 3.74. The van der Waals surface area contributed by atoms with Crippen LogP contribution in [0.5, 0.6) is 0 Å². The van der Waals surface area contributed by atoms with Gasteiger partial charge in [-0.3, -0.25) is 4.68 Å². The van der Waals surface area contributed by atoms with Crippen molar-refractivity contribution in [3.8, 4) is 0 Å². The number of allylic oxidation sites excluding steroid dienone is 1. The van der Waals surface area contributed by atoms with Crippen LogP contribution in [0.15, 0.2) is 18.9 Å². The third-order valence-electron chi connectivity index (χ3n) is 2.50. The van der Waals surface area contributed by atoms with Crippen molar-refractivity contribution >= 4 is 5.97 Å². The molecule has 1 aromatic heterocycles. The molecule has 4 nitrogen and oxygen atoms in total. The molecule has 88 valence electrons. The van der Waals surface area contributed by atoms with Crippen LogP contribution in [0, 0.1) is 0 Å². The fraction of sp³-hybridized carbons (Fsp3) is 0.500.